The summed E-state index contributed by atoms with van der Waals surface area (Å²) >= 11 is 0. The third-order valence-electron chi connectivity index (χ3n) is 4.67. The van der Waals surface area contributed by atoms with E-state index in [1.54, 1.807) is 13.8 Å². The molecule has 9 heteroatoms. The van der Waals surface area contributed by atoms with Crippen molar-refractivity contribution in [1.82, 2.24) is 9.88 Å². The van der Waals surface area contributed by atoms with E-state index in [-0.39, 0.29) is 24.0 Å². The first kappa shape index (κ1) is 18.3. The molecule has 0 spiro atoms. The monoisotopic (exact) mass is 367 g/mol. The molecule has 1 aromatic carbocycles. The fraction of sp³-hybridized carbons (Fsp3) is 0.412. The van der Waals surface area contributed by atoms with Crippen LogP contribution < -0.4 is 15.6 Å². The summed E-state index contributed by atoms with van der Waals surface area (Å²) in [7, 11) is 0. The van der Waals surface area contributed by atoms with E-state index in [0.29, 0.717) is 6.54 Å². The third-order valence-corrected chi connectivity index (χ3v) is 4.67. The maximum atomic E-state index is 15.3. The summed E-state index contributed by atoms with van der Waals surface area (Å²) in [6.45, 7) is 4.12. The first-order valence-corrected chi connectivity index (χ1v) is 8.24. The summed E-state index contributed by atoms with van der Waals surface area (Å²) in [5.74, 6) is -3.48. The summed E-state index contributed by atoms with van der Waals surface area (Å²) in [6, 6.07) is 0.440. The normalized spacial score (nSPS) is 20.6. The van der Waals surface area contributed by atoms with Crippen LogP contribution >= 0.6 is 0 Å². The van der Waals surface area contributed by atoms with Crippen LogP contribution in [0.4, 0.5) is 14.5 Å². The number of anilines is 1. The molecule has 1 saturated heterocycles. The largest absolute Gasteiger partial charge is 0.477 e. The van der Waals surface area contributed by atoms with E-state index >= 15 is 4.39 Å². The fourth-order valence-corrected chi connectivity index (χ4v) is 3.31. The van der Waals surface area contributed by atoms with Gasteiger partial charge in [-0.1, -0.05) is 0 Å². The van der Waals surface area contributed by atoms with Crippen LogP contribution in [0.2, 0.25) is 0 Å². The molecule has 1 aliphatic heterocycles. The number of aromatic carboxylic acids is 1. The molecular formula is C17H19F2N3O4. The Morgan fingerprint density at radius 1 is 1.42 bits per heavy atom. The fourth-order valence-electron chi connectivity index (χ4n) is 3.31. The highest BCUT2D eigenvalue weighted by molar-refractivity contribution is 5.93. The quantitative estimate of drug-likeness (QED) is 0.753. The van der Waals surface area contributed by atoms with Gasteiger partial charge in [-0.25, -0.2) is 13.6 Å². The number of nitrogens with zero attached hydrogens (tertiary/aromatic N) is 2. The number of fused-ring (bicyclic) bond motifs is 1. The van der Waals surface area contributed by atoms with Crippen molar-refractivity contribution in [3.05, 3.63) is 39.7 Å². The van der Waals surface area contributed by atoms with Gasteiger partial charge in [-0.15, -0.1) is 0 Å². The Morgan fingerprint density at radius 3 is 2.73 bits per heavy atom. The second-order valence-corrected chi connectivity index (χ2v) is 6.23. The van der Waals surface area contributed by atoms with Gasteiger partial charge in [0.2, 0.25) is 5.43 Å². The minimum absolute atomic E-state index is 0.175. The van der Waals surface area contributed by atoms with E-state index in [4.69, 9.17) is 5.11 Å². The van der Waals surface area contributed by atoms with E-state index < -0.39 is 46.6 Å². The van der Waals surface area contributed by atoms with E-state index in [0.717, 1.165) is 12.3 Å². The first-order valence-electron chi connectivity index (χ1n) is 8.24. The molecular weight excluding hydrogens is 348 g/mol. The SMILES string of the molecule is CCn1cc(C(=O)O)c(=O)c2cc(F)c(N3CCNC(C)C3O)c(F)c21. The number of carbonyl (C=O) groups is 1. The summed E-state index contributed by atoms with van der Waals surface area (Å²) in [6.07, 6.45) is -0.0977. The van der Waals surface area contributed by atoms with Crippen molar-refractivity contribution in [1.29, 1.82) is 0 Å². The molecule has 0 saturated carbocycles. The van der Waals surface area contributed by atoms with Gasteiger partial charge in [-0.2, -0.15) is 0 Å². The van der Waals surface area contributed by atoms with Gasteiger partial charge in [-0.05, 0) is 19.9 Å². The highest BCUT2D eigenvalue weighted by Gasteiger charge is 2.32. The van der Waals surface area contributed by atoms with Crippen molar-refractivity contribution in [3.8, 4) is 0 Å². The van der Waals surface area contributed by atoms with Crippen LogP contribution in [0.5, 0.6) is 0 Å². The Balaban J connectivity index is 2.33. The molecule has 2 unspecified atom stereocenters. The Labute approximate surface area is 147 Å². The van der Waals surface area contributed by atoms with Gasteiger partial charge in [0.25, 0.3) is 0 Å². The summed E-state index contributed by atoms with van der Waals surface area (Å²) in [5, 5.41) is 22.1. The lowest BCUT2D eigenvalue weighted by Gasteiger charge is -2.39. The van der Waals surface area contributed by atoms with Gasteiger partial charge in [0.15, 0.2) is 5.82 Å². The van der Waals surface area contributed by atoms with E-state index in [1.165, 1.54) is 9.47 Å². The first-order chi connectivity index (χ1) is 12.3. The number of aliphatic hydroxyl groups excluding tert-OH is 1. The van der Waals surface area contributed by atoms with Crippen molar-refractivity contribution in [3.63, 3.8) is 0 Å². The number of aryl methyl sites for hydroxylation is 1. The smallest absolute Gasteiger partial charge is 0.341 e. The molecule has 26 heavy (non-hydrogen) atoms. The summed E-state index contributed by atoms with van der Waals surface area (Å²) in [4.78, 5) is 24.8. The molecule has 1 aromatic heterocycles. The van der Waals surface area contributed by atoms with Crippen molar-refractivity contribution in [2.24, 2.45) is 0 Å². The van der Waals surface area contributed by atoms with Crippen LogP contribution in [-0.4, -0.2) is 46.1 Å². The van der Waals surface area contributed by atoms with Crippen LogP contribution in [0.3, 0.4) is 0 Å². The topological polar surface area (TPSA) is 94.8 Å². The van der Waals surface area contributed by atoms with Crippen LogP contribution in [0, 0.1) is 11.6 Å². The number of halogens is 2. The molecule has 1 fully saturated rings. The average Bonchev–Trinajstić information content (AvgIpc) is 2.59. The van der Waals surface area contributed by atoms with E-state index in [1.807, 2.05) is 0 Å². The lowest BCUT2D eigenvalue weighted by molar-refractivity contribution is 0.0694. The predicted octanol–water partition coefficient (Wildman–Crippen LogP) is 1.11. The lowest BCUT2D eigenvalue weighted by atomic mass is 10.1. The number of carboxylic acids is 1. The van der Waals surface area contributed by atoms with Gasteiger partial charge in [0.1, 0.15) is 23.3 Å². The predicted molar refractivity (Wildman–Crippen MR) is 91.6 cm³/mol. The maximum absolute atomic E-state index is 15.3. The Kier molecular flexibility index (Phi) is 4.68. The Bertz CT molecular complexity index is 944. The van der Waals surface area contributed by atoms with Gasteiger partial charge >= 0.3 is 5.97 Å². The Hall–Kier alpha value is -2.52. The zero-order valence-electron chi connectivity index (χ0n) is 14.3. The van der Waals surface area contributed by atoms with E-state index in [2.05, 4.69) is 5.32 Å². The van der Waals surface area contributed by atoms with Gasteiger partial charge in [0.05, 0.1) is 10.9 Å². The van der Waals surface area contributed by atoms with Crippen LogP contribution in [0.25, 0.3) is 10.9 Å². The van der Waals surface area contributed by atoms with Crippen molar-refractivity contribution < 1.29 is 23.8 Å². The minimum atomic E-state index is -1.46. The zero-order chi connectivity index (χ0) is 19.2. The molecule has 0 amide bonds. The molecule has 2 heterocycles. The van der Waals surface area contributed by atoms with E-state index in [9.17, 15) is 19.1 Å². The summed E-state index contributed by atoms with van der Waals surface area (Å²) < 4.78 is 31.2. The summed E-state index contributed by atoms with van der Waals surface area (Å²) in [5.41, 5.74) is -2.11. The Morgan fingerprint density at radius 2 is 2.12 bits per heavy atom. The maximum Gasteiger partial charge on any atom is 0.341 e. The van der Waals surface area contributed by atoms with Gasteiger partial charge < -0.3 is 25.0 Å². The molecule has 7 nitrogen and oxygen atoms in total. The molecule has 0 bridgehead atoms. The molecule has 3 rings (SSSR count). The third kappa shape index (κ3) is 2.73. The molecule has 3 N–H and O–H groups in total. The number of hydrogen-bond acceptors (Lipinski definition) is 5. The van der Waals surface area contributed by atoms with Crippen LogP contribution in [0.15, 0.2) is 17.1 Å². The zero-order valence-corrected chi connectivity index (χ0v) is 14.3. The lowest BCUT2D eigenvalue weighted by Crippen LogP contribution is -2.57. The van der Waals surface area contributed by atoms with Crippen LogP contribution in [-0.2, 0) is 6.54 Å². The molecule has 0 aliphatic carbocycles. The number of aromatic nitrogens is 1. The molecule has 1 aliphatic rings. The number of carboxylic acid groups (broad SMARTS) is 1. The molecule has 0 radical (unpaired) electrons. The second-order valence-electron chi connectivity index (χ2n) is 6.23. The highest BCUT2D eigenvalue weighted by Crippen LogP contribution is 2.32. The van der Waals surface area contributed by atoms with Gasteiger partial charge in [0, 0.05) is 31.9 Å². The number of nitrogens with one attached hydrogen (secondary N) is 1. The standard InChI is InChI=1S/C17H19F2N3O4/c1-3-21-7-10(17(25)26)15(23)9-6-11(18)14(12(19)13(9)21)22-5-4-20-8(2)16(22)24/h6-8,16,20,24H,3-5H2,1-2H3,(H,25,26). The average molecular weight is 367 g/mol. The number of benzene rings is 1. The number of aliphatic hydroxyl groups is 1. The highest BCUT2D eigenvalue weighted by atomic mass is 19.1. The minimum Gasteiger partial charge on any atom is -0.477 e. The molecule has 140 valence electrons. The number of pyridine rings is 1. The number of hydrogen-bond donors (Lipinski definition) is 3. The van der Waals surface area contributed by atoms with Crippen molar-refractivity contribution in [2.45, 2.75) is 32.7 Å². The molecule has 2 atom stereocenters. The van der Waals surface area contributed by atoms with Crippen molar-refractivity contribution in [2.75, 3.05) is 18.0 Å². The number of piperazine rings is 1. The van der Waals surface area contributed by atoms with Crippen LogP contribution in [0.1, 0.15) is 24.2 Å². The molecule has 2 aromatic rings. The van der Waals surface area contributed by atoms with Gasteiger partial charge in [-0.3, -0.25) is 4.79 Å². The van der Waals surface area contributed by atoms with Crippen molar-refractivity contribution >= 4 is 22.6 Å². The number of rotatable bonds is 3. The second kappa shape index (κ2) is 6.65.